The highest BCUT2D eigenvalue weighted by Gasteiger charge is 1.94. The van der Waals surface area contributed by atoms with Gasteiger partial charge in [-0.25, -0.2) is 0 Å². The second-order valence-corrected chi connectivity index (χ2v) is 2.31. The van der Waals surface area contributed by atoms with Crippen LogP contribution in [0.25, 0.3) is 0 Å². The molecule has 0 aromatic heterocycles. The Morgan fingerprint density at radius 3 is 2.57 bits per heavy atom. The maximum Gasteiger partial charge on any atom is 0.120 e. The maximum absolute atomic E-state index is 9.75. The third-order valence-corrected chi connectivity index (χ3v) is 1.87. The first kappa shape index (κ1) is 7.15. The highest BCUT2D eigenvalue weighted by atomic mass is 79.9. The third kappa shape index (κ3) is 3.99. The van der Waals surface area contributed by atoms with Crippen molar-refractivity contribution >= 4 is 22.2 Å². The molecule has 0 amide bonds. The average molecular weight is 165 g/mol. The van der Waals surface area contributed by atoms with E-state index < -0.39 is 0 Å². The van der Waals surface area contributed by atoms with Crippen LogP contribution in [0.5, 0.6) is 0 Å². The smallest absolute Gasteiger partial charge is 0.120 e. The molecule has 0 saturated carbocycles. The normalized spacial score (nSPS) is 13.4. The molecule has 1 nitrogen and oxygen atoms in total. The number of rotatable bonds is 3. The molecule has 0 bridgehead atoms. The van der Waals surface area contributed by atoms with Crippen LogP contribution in [-0.4, -0.2) is 11.6 Å². The molecule has 0 aliphatic rings. The topological polar surface area (TPSA) is 17.1 Å². The molecule has 0 radical (unpaired) electrons. The Kier molecular flexibility index (Phi) is 4.41. The Morgan fingerprint density at radius 2 is 2.43 bits per heavy atom. The lowest BCUT2D eigenvalue weighted by Gasteiger charge is -1.96. The highest BCUT2D eigenvalue weighted by Crippen LogP contribution is 2.01. The molecule has 0 aliphatic heterocycles. The minimum absolute atomic E-state index is 0.498. The van der Waals surface area contributed by atoms with Crippen molar-refractivity contribution in [3.05, 3.63) is 0 Å². The minimum atomic E-state index is 0.498. The Balaban J connectivity index is 2.98. The second kappa shape index (κ2) is 4.31. The number of hydrogen-bond donors (Lipinski definition) is 0. The third-order valence-electron chi connectivity index (χ3n) is 0.762. The summed E-state index contributed by atoms with van der Waals surface area (Å²) in [6, 6.07) is 0. The van der Waals surface area contributed by atoms with Gasteiger partial charge < -0.3 is 4.79 Å². The standard InChI is InChI=1S/C5H9BrO/c1-5(4-6)2-3-7/h3,5H,2,4H2,1H3/t5-/m1/s1. The van der Waals surface area contributed by atoms with Crippen molar-refractivity contribution in [2.24, 2.45) is 5.92 Å². The molecule has 0 fully saturated rings. The van der Waals surface area contributed by atoms with E-state index in [1.54, 1.807) is 0 Å². The molecule has 0 N–H and O–H groups in total. The SMILES string of the molecule is C[C@@H](CBr)CC=O. The van der Waals surface area contributed by atoms with E-state index in [-0.39, 0.29) is 0 Å². The minimum Gasteiger partial charge on any atom is -0.303 e. The van der Waals surface area contributed by atoms with Crippen LogP contribution < -0.4 is 0 Å². The van der Waals surface area contributed by atoms with Crippen LogP contribution >= 0.6 is 15.9 Å². The van der Waals surface area contributed by atoms with E-state index in [1.165, 1.54) is 0 Å². The molecular weight excluding hydrogens is 156 g/mol. The number of aldehydes is 1. The van der Waals surface area contributed by atoms with Crippen molar-refractivity contribution in [2.45, 2.75) is 13.3 Å². The predicted octanol–water partition coefficient (Wildman–Crippen LogP) is 1.61. The monoisotopic (exact) mass is 164 g/mol. The number of hydrogen-bond acceptors (Lipinski definition) is 1. The summed E-state index contributed by atoms with van der Waals surface area (Å²) in [5.74, 6) is 0.498. The number of halogens is 1. The van der Waals surface area contributed by atoms with Gasteiger partial charge in [-0.05, 0) is 5.92 Å². The summed E-state index contributed by atoms with van der Waals surface area (Å²) in [4.78, 5) is 9.75. The molecule has 0 heterocycles. The van der Waals surface area contributed by atoms with Gasteiger partial charge in [-0.3, -0.25) is 0 Å². The van der Waals surface area contributed by atoms with Crippen molar-refractivity contribution in [3.8, 4) is 0 Å². The first-order chi connectivity index (χ1) is 3.31. The molecule has 0 spiro atoms. The van der Waals surface area contributed by atoms with Crippen LogP contribution in [0.2, 0.25) is 0 Å². The summed E-state index contributed by atoms with van der Waals surface area (Å²) in [7, 11) is 0. The van der Waals surface area contributed by atoms with E-state index in [0.29, 0.717) is 12.3 Å². The Morgan fingerprint density at radius 1 is 1.86 bits per heavy atom. The maximum atomic E-state index is 9.75. The molecule has 7 heavy (non-hydrogen) atoms. The molecule has 1 atom stereocenters. The zero-order valence-corrected chi connectivity index (χ0v) is 5.94. The zero-order valence-electron chi connectivity index (χ0n) is 4.36. The lowest BCUT2D eigenvalue weighted by atomic mass is 10.2. The average Bonchev–Trinajstić information content (AvgIpc) is 1.68. The Bertz CT molecular complexity index is 54.0. The van der Waals surface area contributed by atoms with E-state index >= 15 is 0 Å². The molecule has 0 aliphatic carbocycles. The van der Waals surface area contributed by atoms with Crippen molar-refractivity contribution in [2.75, 3.05) is 5.33 Å². The quantitative estimate of drug-likeness (QED) is 0.458. The highest BCUT2D eigenvalue weighted by molar-refractivity contribution is 9.09. The second-order valence-electron chi connectivity index (χ2n) is 1.66. The van der Waals surface area contributed by atoms with Crippen molar-refractivity contribution in [1.29, 1.82) is 0 Å². The molecule has 0 aromatic carbocycles. The van der Waals surface area contributed by atoms with Crippen LogP contribution in [-0.2, 0) is 4.79 Å². The van der Waals surface area contributed by atoms with Crippen molar-refractivity contribution < 1.29 is 4.79 Å². The van der Waals surface area contributed by atoms with Gasteiger partial charge in [-0.2, -0.15) is 0 Å². The van der Waals surface area contributed by atoms with Gasteiger partial charge >= 0.3 is 0 Å². The van der Waals surface area contributed by atoms with Crippen LogP contribution in [0.1, 0.15) is 13.3 Å². The molecule has 42 valence electrons. The van der Waals surface area contributed by atoms with E-state index in [2.05, 4.69) is 15.9 Å². The number of carbonyl (C=O) groups excluding carboxylic acids is 1. The number of alkyl halides is 1. The van der Waals surface area contributed by atoms with Gasteiger partial charge in [0.1, 0.15) is 6.29 Å². The molecule has 0 rings (SSSR count). The van der Waals surface area contributed by atoms with Gasteiger partial charge in [0.05, 0.1) is 0 Å². The lowest BCUT2D eigenvalue weighted by molar-refractivity contribution is -0.108. The predicted molar refractivity (Wildman–Crippen MR) is 33.6 cm³/mol. The van der Waals surface area contributed by atoms with E-state index in [9.17, 15) is 4.79 Å². The first-order valence-electron chi connectivity index (χ1n) is 2.31. The van der Waals surface area contributed by atoms with E-state index in [0.717, 1.165) is 11.6 Å². The summed E-state index contributed by atoms with van der Waals surface area (Å²) in [5, 5.41) is 0.922. The molecule has 0 aromatic rings. The van der Waals surface area contributed by atoms with Gasteiger partial charge in [-0.15, -0.1) is 0 Å². The fraction of sp³-hybridized carbons (Fsp3) is 0.800. The fourth-order valence-electron chi connectivity index (χ4n) is 0.227. The molecule has 0 unspecified atom stereocenters. The number of carbonyl (C=O) groups is 1. The molecular formula is C5H9BrO. The van der Waals surface area contributed by atoms with Gasteiger partial charge in [0.25, 0.3) is 0 Å². The summed E-state index contributed by atoms with van der Waals surface area (Å²) < 4.78 is 0. The van der Waals surface area contributed by atoms with Crippen LogP contribution in [0, 0.1) is 5.92 Å². The summed E-state index contributed by atoms with van der Waals surface area (Å²) in [6.07, 6.45) is 1.62. The molecule has 2 heteroatoms. The van der Waals surface area contributed by atoms with Crippen LogP contribution in [0.3, 0.4) is 0 Å². The summed E-state index contributed by atoms with van der Waals surface area (Å²) in [5.41, 5.74) is 0. The van der Waals surface area contributed by atoms with Gasteiger partial charge in [-0.1, -0.05) is 22.9 Å². The fourth-order valence-corrected chi connectivity index (χ4v) is 0.492. The van der Waals surface area contributed by atoms with Gasteiger partial charge in [0, 0.05) is 11.8 Å². The first-order valence-corrected chi connectivity index (χ1v) is 3.43. The van der Waals surface area contributed by atoms with E-state index in [1.807, 2.05) is 6.92 Å². The molecule has 0 saturated heterocycles. The summed E-state index contributed by atoms with van der Waals surface area (Å²) in [6.45, 7) is 2.03. The van der Waals surface area contributed by atoms with E-state index in [4.69, 9.17) is 0 Å². The zero-order chi connectivity index (χ0) is 5.70. The van der Waals surface area contributed by atoms with Crippen molar-refractivity contribution in [3.63, 3.8) is 0 Å². The Labute approximate surface area is 52.2 Å². The van der Waals surface area contributed by atoms with Crippen molar-refractivity contribution in [1.82, 2.24) is 0 Å². The largest absolute Gasteiger partial charge is 0.303 e. The van der Waals surface area contributed by atoms with Crippen LogP contribution in [0.15, 0.2) is 0 Å². The lowest BCUT2D eigenvalue weighted by Crippen LogP contribution is -1.94. The summed E-state index contributed by atoms with van der Waals surface area (Å²) >= 11 is 3.26. The van der Waals surface area contributed by atoms with Gasteiger partial charge in [0.2, 0.25) is 0 Å². The Hall–Kier alpha value is 0.150. The van der Waals surface area contributed by atoms with Crippen LogP contribution in [0.4, 0.5) is 0 Å². The van der Waals surface area contributed by atoms with Gasteiger partial charge in [0.15, 0.2) is 0 Å².